The Kier molecular flexibility index (Phi) is 8.48. The first-order valence-corrected chi connectivity index (χ1v) is 13.9. The van der Waals surface area contributed by atoms with Crippen molar-refractivity contribution in [1.82, 2.24) is 24.7 Å². The standard InChI is InChI=1S/C25H34N6O6S/c1-15(2)37-23(18-14-26-16(3)13-27-18)17(4)38(32,33)30-25-29-28-24(21-11-8-12-36-21)31(25)22-19(34-5)9-7-10-20(22)35-6/h7,9-10,13-15,17,21,23H,8,11-12H2,1-6H3,(H,29,30)/t17-,21+,23+/m1/s1. The van der Waals surface area contributed by atoms with E-state index >= 15 is 0 Å². The van der Waals surface area contributed by atoms with Crippen LogP contribution in [0.2, 0.25) is 0 Å². The van der Waals surface area contributed by atoms with Gasteiger partial charge in [-0.15, -0.1) is 10.2 Å². The van der Waals surface area contributed by atoms with E-state index in [0.29, 0.717) is 41.0 Å². The normalized spacial score (nSPS) is 17.4. The summed E-state index contributed by atoms with van der Waals surface area (Å²) in [6.07, 6.45) is 3.18. The highest BCUT2D eigenvalue weighted by molar-refractivity contribution is 7.93. The Bertz CT molecular complexity index is 1320. The molecule has 3 heterocycles. The molecule has 0 aliphatic carbocycles. The molecule has 12 nitrogen and oxygen atoms in total. The highest BCUT2D eigenvalue weighted by Crippen LogP contribution is 2.39. The first-order valence-electron chi connectivity index (χ1n) is 12.4. The van der Waals surface area contributed by atoms with Crippen LogP contribution in [0.5, 0.6) is 11.5 Å². The Labute approximate surface area is 222 Å². The van der Waals surface area contributed by atoms with Crippen LogP contribution in [0.1, 0.15) is 63.0 Å². The lowest BCUT2D eigenvalue weighted by Crippen LogP contribution is -2.34. The van der Waals surface area contributed by atoms with Gasteiger partial charge in [-0.1, -0.05) is 6.07 Å². The topological polar surface area (TPSA) is 140 Å². The Morgan fingerprint density at radius 1 is 1.08 bits per heavy atom. The van der Waals surface area contributed by atoms with Gasteiger partial charge in [0.2, 0.25) is 16.0 Å². The summed E-state index contributed by atoms with van der Waals surface area (Å²) in [6.45, 7) is 7.61. The van der Waals surface area contributed by atoms with Gasteiger partial charge in [-0.2, -0.15) is 0 Å². The minimum Gasteiger partial charge on any atom is -0.494 e. The number of methoxy groups -OCH3 is 2. The zero-order chi connectivity index (χ0) is 27.4. The Balaban J connectivity index is 1.78. The summed E-state index contributed by atoms with van der Waals surface area (Å²) in [5.74, 6) is 1.32. The third-order valence-corrected chi connectivity index (χ3v) is 7.88. The van der Waals surface area contributed by atoms with Crippen molar-refractivity contribution in [2.24, 2.45) is 0 Å². The molecule has 1 aliphatic rings. The van der Waals surface area contributed by atoms with E-state index in [1.165, 1.54) is 20.4 Å². The van der Waals surface area contributed by atoms with Crippen LogP contribution < -0.4 is 14.2 Å². The number of rotatable bonds is 11. The van der Waals surface area contributed by atoms with Crippen molar-refractivity contribution in [3.63, 3.8) is 0 Å². The number of aromatic nitrogens is 5. The predicted molar refractivity (Wildman–Crippen MR) is 140 cm³/mol. The van der Waals surface area contributed by atoms with Crippen LogP contribution in [0.25, 0.3) is 5.69 Å². The summed E-state index contributed by atoms with van der Waals surface area (Å²) in [5.41, 5.74) is 1.58. The Hall–Kier alpha value is -3.29. The first-order chi connectivity index (χ1) is 18.2. The molecule has 206 valence electrons. The largest absolute Gasteiger partial charge is 0.494 e. The zero-order valence-electron chi connectivity index (χ0n) is 22.4. The molecule has 2 aromatic heterocycles. The van der Waals surface area contributed by atoms with E-state index in [0.717, 1.165) is 12.8 Å². The van der Waals surface area contributed by atoms with E-state index in [1.54, 1.807) is 42.8 Å². The second-order valence-electron chi connectivity index (χ2n) is 9.27. The number of anilines is 1. The highest BCUT2D eigenvalue weighted by atomic mass is 32.2. The molecule has 1 aromatic carbocycles. The van der Waals surface area contributed by atoms with Crippen molar-refractivity contribution in [2.45, 2.75) is 64.1 Å². The van der Waals surface area contributed by atoms with Gasteiger partial charge < -0.3 is 18.9 Å². The summed E-state index contributed by atoms with van der Waals surface area (Å²) >= 11 is 0. The summed E-state index contributed by atoms with van der Waals surface area (Å²) in [4.78, 5) is 8.65. The molecule has 0 unspecified atom stereocenters. The molecule has 4 rings (SSSR count). The van der Waals surface area contributed by atoms with Crippen LogP contribution in [0.3, 0.4) is 0 Å². The fourth-order valence-corrected chi connectivity index (χ4v) is 5.37. The molecule has 0 amide bonds. The molecular formula is C25H34N6O6S. The van der Waals surface area contributed by atoms with E-state index in [4.69, 9.17) is 18.9 Å². The Morgan fingerprint density at radius 2 is 1.79 bits per heavy atom. The molecule has 0 radical (unpaired) electrons. The number of ether oxygens (including phenoxy) is 4. The first kappa shape index (κ1) is 27.7. The maximum absolute atomic E-state index is 13.8. The van der Waals surface area contributed by atoms with Gasteiger partial charge >= 0.3 is 0 Å². The molecule has 1 aliphatic heterocycles. The quantitative estimate of drug-likeness (QED) is 0.380. The van der Waals surface area contributed by atoms with Crippen LogP contribution in [0, 0.1) is 6.92 Å². The molecule has 38 heavy (non-hydrogen) atoms. The number of hydrogen-bond acceptors (Lipinski definition) is 10. The molecule has 13 heteroatoms. The molecule has 0 bridgehead atoms. The van der Waals surface area contributed by atoms with Gasteiger partial charge in [-0.25, -0.2) is 8.42 Å². The molecule has 1 saturated heterocycles. The molecule has 1 fully saturated rings. The maximum Gasteiger partial charge on any atom is 0.243 e. The van der Waals surface area contributed by atoms with Gasteiger partial charge in [0.15, 0.2) is 5.82 Å². The van der Waals surface area contributed by atoms with Crippen LogP contribution in [0.15, 0.2) is 30.6 Å². The molecule has 3 atom stereocenters. The molecule has 0 spiro atoms. The van der Waals surface area contributed by atoms with Gasteiger partial charge in [-0.3, -0.25) is 19.3 Å². The number of nitrogens with zero attached hydrogens (tertiary/aromatic N) is 5. The van der Waals surface area contributed by atoms with E-state index in [9.17, 15) is 8.42 Å². The maximum atomic E-state index is 13.8. The second kappa shape index (κ2) is 11.6. The lowest BCUT2D eigenvalue weighted by Gasteiger charge is -2.26. The van der Waals surface area contributed by atoms with Crippen LogP contribution in [0.4, 0.5) is 5.95 Å². The molecule has 3 aromatic rings. The highest BCUT2D eigenvalue weighted by Gasteiger charge is 2.36. The third-order valence-electron chi connectivity index (χ3n) is 6.19. The number of sulfonamides is 1. The zero-order valence-corrected chi connectivity index (χ0v) is 23.2. The lowest BCUT2D eigenvalue weighted by molar-refractivity contribution is 0.00394. The van der Waals surface area contributed by atoms with Crippen LogP contribution in [-0.4, -0.2) is 65.3 Å². The van der Waals surface area contributed by atoms with Crippen molar-refractivity contribution in [3.05, 3.63) is 47.8 Å². The van der Waals surface area contributed by atoms with Crippen molar-refractivity contribution in [3.8, 4) is 17.2 Å². The van der Waals surface area contributed by atoms with Gasteiger partial charge in [0, 0.05) is 12.8 Å². The molecule has 0 saturated carbocycles. The third kappa shape index (κ3) is 5.74. The lowest BCUT2D eigenvalue weighted by atomic mass is 10.2. The van der Waals surface area contributed by atoms with Gasteiger partial charge in [-0.05, 0) is 52.7 Å². The van der Waals surface area contributed by atoms with Gasteiger partial charge in [0.25, 0.3) is 0 Å². The predicted octanol–water partition coefficient (Wildman–Crippen LogP) is 3.53. The Morgan fingerprint density at radius 3 is 2.34 bits per heavy atom. The fourth-order valence-electron chi connectivity index (χ4n) is 4.27. The number of nitrogens with one attached hydrogen (secondary N) is 1. The summed E-state index contributed by atoms with van der Waals surface area (Å²) in [7, 11) is -1.04. The van der Waals surface area contributed by atoms with Gasteiger partial charge in [0.05, 0.1) is 37.9 Å². The van der Waals surface area contributed by atoms with E-state index in [2.05, 4.69) is 24.9 Å². The van der Waals surface area contributed by atoms with Crippen molar-refractivity contribution < 1.29 is 27.4 Å². The van der Waals surface area contributed by atoms with Crippen LogP contribution in [-0.2, 0) is 19.5 Å². The molecule has 1 N–H and O–H groups in total. The van der Waals surface area contributed by atoms with E-state index in [-0.39, 0.29) is 18.2 Å². The summed E-state index contributed by atoms with van der Waals surface area (Å²) < 4.78 is 54.8. The van der Waals surface area contributed by atoms with E-state index in [1.807, 2.05) is 13.8 Å². The average Bonchev–Trinajstić information content (AvgIpc) is 3.56. The number of para-hydroxylation sites is 1. The van der Waals surface area contributed by atoms with Crippen LogP contribution >= 0.6 is 0 Å². The molecular weight excluding hydrogens is 512 g/mol. The SMILES string of the molecule is COc1cccc(OC)c1-n1c(NS(=O)(=O)[C@H](C)[C@H](OC(C)C)c2cnc(C)cn2)nnc1[C@@H]1CCCO1. The van der Waals surface area contributed by atoms with Crippen molar-refractivity contribution in [2.75, 3.05) is 25.5 Å². The minimum atomic E-state index is -4.08. The number of benzene rings is 1. The van der Waals surface area contributed by atoms with Crippen molar-refractivity contribution >= 4 is 16.0 Å². The fraction of sp³-hybridized carbons (Fsp3) is 0.520. The smallest absolute Gasteiger partial charge is 0.243 e. The minimum absolute atomic E-state index is 0.0246. The average molecular weight is 547 g/mol. The summed E-state index contributed by atoms with van der Waals surface area (Å²) in [5, 5.41) is 7.49. The van der Waals surface area contributed by atoms with Crippen molar-refractivity contribution in [1.29, 1.82) is 0 Å². The van der Waals surface area contributed by atoms with Gasteiger partial charge in [0.1, 0.15) is 34.6 Å². The summed E-state index contributed by atoms with van der Waals surface area (Å²) in [6, 6.07) is 5.28. The number of aryl methyl sites for hydroxylation is 1. The monoisotopic (exact) mass is 546 g/mol. The second-order valence-corrected chi connectivity index (χ2v) is 11.3. The number of hydrogen-bond donors (Lipinski definition) is 1. The van der Waals surface area contributed by atoms with E-state index < -0.39 is 21.4 Å².